The average Bonchev–Trinajstić information content (AvgIpc) is 3.12. The molecule has 1 amide bonds. The molecule has 1 atom stereocenters. The lowest BCUT2D eigenvalue weighted by molar-refractivity contribution is -0.126. The van der Waals surface area contributed by atoms with Crippen LogP contribution in [0.3, 0.4) is 0 Å². The second kappa shape index (κ2) is 7.58. The van der Waals surface area contributed by atoms with Gasteiger partial charge >= 0.3 is 0 Å². The number of carbonyl (C=O) groups is 1. The second-order valence-corrected chi connectivity index (χ2v) is 7.29. The molecule has 2 fully saturated rings. The summed E-state index contributed by atoms with van der Waals surface area (Å²) in [4.78, 5) is 15.0. The molecule has 6 heteroatoms. The summed E-state index contributed by atoms with van der Waals surface area (Å²) in [5.74, 6) is 0.463. The molecule has 5 nitrogen and oxygen atoms in total. The molecule has 1 aliphatic carbocycles. The molecular formula is C20H25FN4O. The van der Waals surface area contributed by atoms with Gasteiger partial charge in [0.2, 0.25) is 5.91 Å². The van der Waals surface area contributed by atoms with E-state index in [4.69, 9.17) is 0 Å². The summed E-state index contributed by atoms with van der Waals surface area (Å²) < 4.78 is 14.7. The van der Waals surface area contributed by atoms with E-state index in [9.17, 15) is 9.18 Å². The Morgan fingerprint density at radius 3 is 2.62 bits per heavy atom. The fraction of sp³-hybridized carbons (Fsp3) is 0.500. The Hall–Kier alpha value is -2.21. The van der Waals surface area contributed by atoms with Crippen molar-refractivity contribution in [3.05, 3.63) is 48.0 Å². The van der Waals surface area contributed by atoms with Gasteiger partial charge in [0.05, 0.1) is 17.4 Å². The number of benzene rings is 1. The van der Waals surface area contributed by atoms with Crippen LogP contribution >= 0.6 is 0 Å². The van der Waals surface area contributed by atoms with E-state index in [2.05, 4.69) is 15.3 Å². The summed E-state index contributed by atoms with van der Waals surface area (Å²) in [6.07, 6.45) is 7.32. The van der Waals surface area contributed by atoms with Crippen molar-refractivity contribution in [2.75, 3.05) is 19.6 Å². The summed E-state index contributed by atoms with van der Waals surface area (Å²) in [6, 6.07) is 8.25. The van der Waals surface area contributed by atoms with Crippen LogP contribution in [0.2, 0.25) is 0 Å². The standard InChI is InChI=1S/C20H25FN4O/c21-16-5-7-18(8-6-16)25-14-10-17(23-25)9-11-22-20(26)19(15-3-4-15)24-12-1-2-13-24/h5-8,10,14-15,19H,1-4,9,11-13H2,(H,22,26). The van der Waals surface area contributed by atoms with Gasteiger partial charge in [-0.15, -0.1) is 0 Å². The van der Waals surface area contributed by atoms with Crippen LogP contribution in [0.1, 0.15) is 31.4 Å². The van der Waals surface area contributed by atoms with E-state index < -0.39 is 0 Å². The summed E-state index contributed by atoms with van der Waals surface area (Å²) in [6.45, 7) is 2.70. The summed E-state index contributed by atoms with van der Waals surface area (Å²) >= 11 is 0. The number of nitrogens with zero attached hydrogens (tertiary/aromatic N) is 3. The lowest BCUT2D eigenvalue weighted by atomic mass is 10.1. The first kappa shape index (κ1) is 17.2. The maximum absolute atomic E-state index is 13.0. The smallest absolute Gasteiger partial charge is 0.237 e. The highest BCUT2D eigenvalue weighted by molar-refractivity contribution is 5.82. The molecule has 0 spiro atoms. The van der Waals surface area contributed by atoms with Crippen LogP contribution in [0.15, 0.2) is 36.5 Å². The molecule has 2 heterocycles. The molecule has 0 radical (unpaired) electrons. The van der Waals surface area contributed by atoms with Crippen LogP contribution in [-0.2, 0) is 11.2 Å². The van der Waals surface area contributed by atoms with Crippen LogP contribution in [0.25, 0.3) is 5.69 Å². The average molecular weight is 356 g/mol. The van der Waals surface area contributed by atoms with Crippen molar-refractivity contribution in [2.45, 2.75) is 38.1 Å². The first-order chi connectivity index (χ1) is 12.7. The van der Waals surface area contributed by atoms with Gasteiger partial charge in [-0.05, 0) is 75.0 Å². The zero-order valence-corrected chi connectivity index (χ0v) is 14.9. The van der Waals surface area contributed by atoms with Gasteiger partial charge < -0.3 is 5.32 Å². The third kappa shape index (κ3) is 3.96. The highest BCUT2D eigenvalue weighted by atomic mass is 19.1. The number of nitrogens with one attached hydrogen (secondary N) is 1. The van der Waals surface area contributed by atoms with Crippen LogP contribution in [0.5, 0.6) is 0 Å². The van der Waals surface area contributed by atoms with Gasteiger partial charge in [0.15, 0.2) is 0 Å². The van der Waals surface area contributed by atoms with Gasteiger partial charge in [0.25, 0.3) is 0 Å². The van der Waals surface area contributed by atoms with Crippen molar-refractivity contribution in [1.29, 1.82) is 0 Å². The molecule has 1 aliphatic heterocycles. The van der Waals surface area contributed by atoms with Crippen molar-refractivity contribution in [1.82, 2.24) is 20.0 Å². The molecule has 2 aromatic rings. The van der Waals surface area contributed by atoms with E-state index in [0.29, 0.717) is 18.9 Å². The van der Waals surface area contributed by atoms with Gasteiger partial charge in [-0.1, -0.05) is 0 Å². The van der Waals surface area contributed by atoms with Crippen molar-refractivity contribution in [3.8, 4) is 5.69 Å². The van der Waals surface area contributed by atoms with Crippen LogP contribution in [-0.4, -0.2) is 46.3 Å². The van der Waals surface area contributed by atoms with Crippen molar-refractivity contribution in [3.63, 3.8) is 0 Å². The predicted molar refractivity (Wildman–Crippen MR) is 97.6 cm³/mol. The quantitative estimate of drug-likeness (QED) is 0.829. The fourth-order valence-electron chi connectivity index (χ4n) is 3.76. The van der Waals surface area contributed by atoms with Gasteiger partial charge in [0, 0.05) is 19.2 Å². The van der Waals surface area contributed by atoms with Gasteiger partial charge in [-0.25, -0.2) is 9.07 Å². The molecule has 1 saturated heterocycles. The molecule has 1 aromatic carbocycles. The number of hydrogen-bond donors (Lipinski definition) is 1. The minimum Gasteiger partial charge on any atom is -0.354 e. The minimum atomic E-state index is -0.257. The summed E-state index contributed by atoms with van der Waals surface area (Å²) in [7, 11) is 0. The lowest BCUT2D eigenvalue weighted by Gasteiger charge is -2.26. The second-order valence-electron chi connectivity index (χ2n) is 7.29. The molecule has 4 rings (SSSR count). The number of hydrogen-bond acceptors (Lipinski definition) is 3. The first-order valence-electron chi connectivity index (χ1n) is 9.53. The molecule has 138 valence electrons. The minimum absolute atomic E-state index is 0.0641. The highest BCUT2D eigenvalue weighted by Crippen LogP contribution is 2.36. The molecule has 0 bridgehead atoms. The largest absolute Gasteiger partial charge is 0.354 e. The number of amides is 1. The number of rotatable bonds is 7. The van der Waals surface area contributed by atoms with Crippen molar-refractivity contribution in [2.24, 2.45) is 5.92 Å². The number of likely N-dealkylation sites (tertiary alicyclic amines) is 1. The normalized spacial score (nSPS) is 18.8. The Labute approximate surface area is 153 Å². The van der Waals surface area contributed by atoms with E-state index in [1.165, 1.54) is 37.8 Å². The van der Waals surface area contributed by atoms with Crippen molar-refractivity contribution >= 4 is 5.91 Å². The maximum Gasteiger partial charge on any atom is 0.237 e. The van der Waals surface area contributed by atoms with Crippen LogP contribution in [0.4, 0.5) is 4.39 Å². The SMILES string of the molecule is O=C(NCCc1ccn(-c2ccc(F)cc2)n1)C(C1CC1)N1CCCC1. The molecule has 1 N–H and O–H groups in total. The van der Waals surface area contributed by atoms with Gasteiger partial charge in [-0.2, -0.15) is 5.10 Å². The first-order valence-corrected chi connectivity index (χ1v) is 9.53. The number of carbonyl (C=O) groups excluding carboxylic acids is 1. The topological polar surface area (TPSA) is 50.2 Å². The molecule has 1 unspecified atom stereocenters. The third-order valence-corrected chi connectivity index (χ3v) is 5.29. The van der Waals surface area contributed by atoms with Gasteiger partial charge in [-0.3, -0.25) is 9.69 Å². The predicted octanol–water partition coefficient (Wildman–Crippen LogP) is 2.54. The van der Waals surface area contributed by atoms with E-state index in [-0.39, 0.29) is 17.8 Å². The Kier molecular flexibility index (Phi) is 5.02. The van der Waals surface area contributed by atoms with E-state index >= 15 is 0 Å². The highest BCUT2D eigenvalue weighted by Gasteiger charge is 2.40. The summed E-state index contributed by atoms with van der Waals surface area (Å²) in [5, 5.41) is 7.62. The van der Waals surface area contributed by atoms with E-state index in [1.807, 2.05) is 12.3 Å². The molecule has 1 saturated carbocycles. The van der Waals surface area contributed by atoms with Crippen LogP contribution < -0.4 is 5.32 Å². The third-order valence-electron chi connectivity index (χ3n) is 5.29. The van der Waals surface area contributed by atoms with Crippen molar-refractivity contribution < 1.29 is 9.18 Å². The maximum atomic E-state index is 13.0. The van der Waals surface area contributed by atoms with Gasteiger partial charge in [0.1, 0.15) is 5.82 Å². The Bertz CT molecular complexity index is 747. The summed E-state index contributed by atoms with van der Waals surface area (Å²) in [5.41, 5.74) is 1.74. The fourth-order valence-corrected chi connectivity index (χ4v) is 3.76. The monoisotopic (exact) mass is 356 g/mol. The Balaban J connectivity index is 1.30. The number of aromatic nitrogens is 2. The van der Waals surface area contributed by atoms with E-state index in [0.717, 1.165) is 24.5 Å². The molecule has 1 aromatic heterocycles. The van der Waals surface area contributed by atoms with Crippen LogP contribution in [0, 0.1) is 11.7 Å². The Morgan fingerprint density at radius 2 is 1.92 bits per heavy atom. The van der Waals surface area contributed by atoms with E-state index in [1.54, 1.807) is 16.8 Å². The molecule has 26 heavy (non-hydrogen) atoms. The zero-order valence-electron chi connectivity index (χ0n) is 14.9. The zero-order chi connectivity index (χ0) is 17.9. The number of halogens is 1. The Morgan fingerprint density at radius 1 is 1.19 bits per heavy atom. The molecular weight excluding hydrogens is 331 g/mol. The molecule has 2 aliphatic rings. The lowest BCUT2D eigenvalue weighted by Crippen LogP contribution is -2.47.